The van der Waals surface area contributed by atoms with E-state index in [1.165, 1.54) is 18.2 Å². The van der Waals surface area contributed by atoms with Gasteiger partial charge in [-0.25, -0.2) is 4.79 Å². The summed E-state index contributed by atoms with van der Waals surface area (Å²) in [5.41, 5.74) is 3.11. The molecule has 0 radical (unpaired) electrons. The molecule has 0 unspecified atom stereocenters. The number of hydrogen-bond acceptors (Lipinski definition) is 7. The van der Waals surface area contributed by atoms with Gasteiger partial charge in [0.1, 0.15) is 0 Å². The number of alkyl halides is 3. The van der Waals surface area contributed by atoms with Crippen molar-refractivity contribution >= 4 is 11.9 Å². The average Bonchev–Trinajstić information content (AvgIpc) is 2.92. The Labute approximate surface area is 230 Å². The van der Waals surface area contributed by atoms with Gasteiger partial charge < -0.3 is 20.1 Å². The minimum atomic E-state index is -5.23. The highest BCUT2D eigenvalue weighted by Gasteiger charge is 2.42. The van der Waals surface area contributed by atoms with Crippen molar-refractivity contribution in [3.8, 4) is 22.8 Å². The van der Waals surface area contributed by atoms with Crippen molar-refractivity contribution in [2.75, 3.05) is 26.2 Å². The fourth-order valence-corrected chi connectivity index (χ4v) is 4.45. The van der Waals surface area contributed by atoms with Crippen molar-refractivity contribution in [3.05, 3.63) is 77.5 Å². The molecule has 0 spiro atoms. The molecule has 2 N–H and O–H groups in total. The van der Waals surface area contributed by atoms with E-state index in [0.717, 1.165) is 48.7 Å². The van der Waals surface area contributed by atoms with E-state index in [2.05, 4.69) is 27.2 Å². The number of hydrogen-bond donors (Lipinski definition) is 2. The summed E-state index contributed by atoms with van der Waals surface area (Å²) in [5.74, 6) is -3.89. The molecule has 1 saturated heterocycles. The SMILES string of the molecule is CCOc1cccc(C(=O)NCc2cccc(-c3cccc(CN4CCN[C@@H](C)C4)n3)c2)c1OC(=O)C(F)(F)F. The first-order chi connectivity index (χ1) is 19.1. The van der Waals surface area contributed by atoms with Crippen molar-refractivity contribution in [1.29, 1.82) is 0 Å². The Bertz CT molecular complexity index is 1350. The lowest BCUT2D eigenvalue weighted by Gasteiger charge is -2.31. The lowest BCUT2D eigenvalue weighted by Crippen LogP contribution is -2.48. The van der Waals surface area contributed by atoms with Crippen LogP contribution in [0, 0.1) is 0 Å². The maximum atomic E-state index is 13.0. The predicted octanol–water partition coefficient (Wildman–Crippen LogP) is 4.34. The number of aromatic nitrogens is 1. The third kappa shape index (κ3) is 7.57. The summed E-state index contributed by atoms with van der Waals surface area (Å²) in [4.78, 5) is 31.7. The van der Waals surface area contributed by atoms with Crippen LogP contribution in [0.25, 0.3) is 11.3 Å². The number of carbonyl (C=O) groups is 2. The van der Waals surface area contributed by atoms with Gasteiger partial charge in [-0.15, -0.1) is 0 Å². The number of benzene rings is 2. The van der Waals surface area contributed by atoms with E-state index in [0.29, 0.717) is 6.04 Å². The molecule has 4 rings (SSSR count). The number of halogens is 3. The maximum Gasteiger partial charge on any atom is 0.491 e. The highest BCUT2D eigenvalue weighted by molar-refractivity contribution is 5.98. The van der Waals surface area contributed by atoms with Gasteiger partial charge in [-0.2, -0.15) is 13.2 Å². The van der Waals surface area contributed by atoms with E-state index in [1.54, 1.807) is 6.92 Å². The smallest absolute Gasteiger partial charge is 0.490 e. The summed E-state index contributed by atoms with van der Waals surface area (Å²) < 4.78 is 48.4. The third-order valence-electron chi connectivity index (χ3n) is 6.27. The van der Waals surface area contributed by atoms with Gasteiger partial charge in [0.05, 0.1) is 23.6 Å². The molecule has 212 valence electrons. The Morgan fingerprint density at radius 2 is 1.90 bits per heavy atom. The van der Waals surface area contributed by atoms with E-state index in [-0.39, 0.29) is 24.5 Å². The molecule has 1 fully saturated rings. The number of rotatable bonds is 9. The molecule has 0 bridgehead atoms. The van der Waals surface area contributed by atoms with Gasteiger partial charge in [0, 0.05) is 44.3 Å². The van der Waals surface area contributed by atoms with Crippen LogP contribution in [-0.4, -0.2) is 60.2 Å². The van der Waals surface area contributed by atoms with E-state index < -0.39 is 23.8 Å². The van der Waals surface area contributed by atoms with Crippen LogP contribution in [-0.2, 0) is 17.9 Å². The zero-order valence-electron chi connectivity index (χ0n) is 22.3. The monoisotopic (exact) mass is 556 g/mol. The number of pyridine rings is 1. The van der Waals surface area contributed by atoms with Crippen LogP contribution in [0.4, 0.5) is 13.2 Å². The lowest BCUT2D eigenvalue weighted by molar-refractivity contribution is -0.189. The number of esters is 1. The quantitative estimate of drug-likeness (QED) is 0.299. The summed E-state index contributed by atoms with van der Waals surface area (Å²) in [7, 11) is 0. The second-order valence-electron chi connectivity index (χ2n) is 9.44. The largest absolute Gasteiger partial charge is 0.491 e. The van der Waals surface area contributed by atoms with Gasteiger partial charge in [-0.05, 0) is 49.7 Å². The Morgan fingerprint density at radius 3 is 2.65 bits per heavy atom. The topological polar surface area (TPSA) is 92.8 Å². The van der Waals surface area contributed by atoms with E-state index in [4.69, 9.17) is 9.72 Å². The van der Waals surface area contributed by atoms with Crippen LogP contribution in [0.2, 0.25) is 0 Å². The summed E-state index contributed by atoms with van der Waals surface area (Å²) in [6.07, 6.45) is -5.23. The molecule has 1 aromatic heterocycles. The molecule has 2 aromatic carbocycles. The highest BCUT2D eigenvalue weighted by Crippen LogP contribution is 2.33. The number of carbonyl (C=O) groups excluding carboxylic acids is 2. The molecule has 40 heavy (non-hydrogen) atoms. The van der Waals surface area contributed by atoms with Crippen LogP contribution in [0.1, 0.15) is 35.5 Å². The van der Waals surface area contributed by atoms with Gasteiger partial charge in [0.2, 0.25) is 0 Å². The van der Waals surface area contributed by atoms with Gasteiger partial charge in [-0.1, -0.05) is 30.3 Å². The third-order valence-corrected chi connectivity index (χ3v) is 6.27. The highest BCUT2D eigenvalue weighted by atomic mass is 19.4. The van der Waals surface area contributed by atoms with Gasteiger partial charge >= 0.3 is 12.1 Å². The number of nitrogens with zero attached hydrogens (tertiary/aromatic N) is 2. The first kappa shape index (κ1) is 29.0. The van der Waals surface area contributed by atoms with E-state index in [9.17, 15) is 22.8 Å². The first-order valence-electron chi connectivity index (χ1n) is 13.0. The van der Waals surface area contributed by atoms with Crippen molar-refractivity contribution in [3.63, 3.8) is 0 Å². The number of para-hydroxylation sites is 1. The molecule has 1 aliphatic heterocycles. The molecule has 2 heterocycles. The fourth-order valence-electron chi connectivity index (χ4n) is 4.45. The maximum absolute atomic E-state index is 13.0. The first-order valence-corrected chi connectivity index (χ1v) is 13.0. The minimum absolute atomic E-state index is 0.0799. The zero-order chi connectivity index (χ0) is 28.7. The zero-order valence-corrected chi connectivity index (χ0v) is 22.3. The number of nitrogens with one attached hydrogen (secondary N) is 2. The van der Waals surface area contributed by atoms with Gasteiger partial charge in [0.25, 0.3) is 5.91 Å². The number of amides is 1. The summed E-state index contributed by atoms with van der Waals surface area (Å²) >= 11 is 0. The molecule has 0 aliphatic carbocycles. The predicted molar refractivity (Wildman–Crippen MR) is 143 cm³/mol. The number of piperazine rings is 1. The second-order valence-corrected chi connectivity index (χ2v) is 9.44. The standard InChI is InChI=1S/C29H31F3N4O4/c1-3-39-25-12-6-10-23(26(25)40-28(38)29(30,31)32)27(37)34-16-20-7-4-8-21(15-20)24-11-5-9-22(35-24)18-36-14-13-33-19(2)17-36/h4-12,15,19,33H,3,13-14,16-18H2,1-2H3,(H,34,37)/t19-/m0/s1. The van der Waals surface area contributed by atoms with Crippen LogP contribution in [0.15, 0.2) is 60.7 Å². The average molecular weight is 557 g/mol. The Balaban J connectivity index is 1.47. The van der Waals surface area contributed by atoms with Gasteiger partial charge in [-0.3, -0.25) is 14.7 Å². The Kier molecular flexibility index (Phi) is 9.38. The minimum Gasteiger partial charge on any atom is -0.490 e. The van der Waals surface area contributed by atoms with E-state index >= 15 is 0 Å². The van der Waals surface area contributed by atoms with Crippen LogP contribution in [0.3, 0.4) is 0 Å². The molecule has 8 nitrogen and oxygen atoms in total. The molecule has 1 atom stereocenters. The summed E-state index contributed by atoms with van der Waals surface area (Å²) in [6.45, 7) is 7.54. The van der Waals surface area contributed by atoms with Crippen LogP contribution >= 0.6 is 0 Å². The molecule has 1 aliphatic rings. The van der Waals surface area contributed by atoms with Gasteiger partial charge in [0.15, 0.2) is 11.5 Å². The summed E-state index contributed by atoms with van der Waals surface area (Å²) in [6, 6.07) is 17.8. The van der Waals surface area contributed by atoms with E-state index in [1.807, 2.05) is 42.5 Å². The van der Waals surface area contributed by atoms with Crippen molar-refractivity contribution in [2.24, 2.45) is 0 Å². The molecule has 3 aromatic rings. The molecular formula is C29H31F3N4O4. The Hall–Kier alpha value is -3.96. The van der Waals surface area contributed by atoms with Crippen molar-refractivity contribution < 1.29 is 32.2 Å². The summed E-state index contributed by atoms with van der Waals surface area (Å²) in [5, 5.41) is 6.12. The normalized spacial score (nSPS) is 15.9. The van der Waals surface area contributed by atoms with Crippen LogP contribution in [0.5, 0.6) is 11.5 Å². The molecular weight excluding hydrogens is 525 g/mol. The Morgan fingerprint density at radius 1 is 1.12 bits per heavy atom. The molecule has 1 amide bonds. The lowest BCUT2D eigenvalue weighted by atomic mass is 10.1. The molecule has 0 saturated carbocycles. The fraction of sp³-hybridized carbons (Fsp3) is 0.345. The molecule has 11 heteroatoms. The second kappa shape index (κ2) is 12.9. The number of ether oxygens (including phenoxy) is 2. The van der Waals surface area contributed by atoms with Crippen molar-refractivity contribution in [1.82, 2.24) is 20.5 Å². The van der Waals surface area contributed by atoms with Crippen molar-refractivity contribution in [2.45, 2.75) is 39.2 Å². The van der Waals surface area contributed by atoms with Crippen LogP contribution < -0.4 is 20.1 Å².